The number of hydrogen-bond acceptors (Lipinski definition) is 4. The van der Waals surface area contributed by atoms with Crippen LogP contribution in [0.3, 0.4) is 0 Å². The van der Waals surface area contributed by atoms with Gasteiger partial charge in [-0.3, -0.25) is 4.68 Å². The van der Waals surface area contributed by atoms with Gasteiger partial charge in [-0.15, -0.1) is 0 Å². The summed E-state index contributed by atoms with van der Waals surface area (Å²) in [5.74, 6) is 0.643. The number of carboxylic acids is 1. The predicted octanol–water partition coefficient (Wildman–Crippen LogP) is 2.85. The largest absolute Gasteiger partial charge is 0.478 e. The Morgan fingerprint density at radius 1 is 1.13 bits per heavy atom. The number of aryl methyl sites for hydroxylation is 1. The number of pyridine rings is 1. The Morgan fingerprint density at radius 3 is 2.48 bits per heavy atom. The van der Waals surface area contributed by atoms with Crippen molar-refractivity contribution in [1.29, 1.82) is 0 Å². The van der Waals surface area contributed by atoms with Gasteiger partial charge in [0.15, 0.2) is 5.82 Å². The summed E-state index contributed by atoms with van der Waals surface area (Å²) in [7, 11) is 1.86. The molecule has 2 heterocycles. The van der Waals surface area contributed by atoms with Crippen LogP contribution < -0.4 is 4.90 Å². The summed E-state index contributed by atoms with van der Waals surface area (Å²) in [5.41, 5.74) is 1.25. The van der Waals surface area contributed by atoms with E-state index >= 15 is 0 Å². The van der Waals surface area contributed by atoms with Gasteiger partial charge in [-0.05, 0) is 29.8 Å². The van der Waals surface area contributed by atoms with Gasteiger partial charge in [0.2, 0.25) is 0 Å². The molecule has 0 amide bonds. The van der Waals surface area contributed by atoms with E-state index in [-0.39, 0.29) is 5.56 Å². The number of hydrogen-bond donors (Lipinski definition) is 1. The highest BCUT2D eigenvalue weighted by molar-refractivity contribution is 5.87. The molecule has 3 aromatic rings. The van der Waals surface area contributed by atoms with Gasteiger partial charge in [-0.1, -0.05) is 18.2 Å². The number of carbonyl (C=O) groups is 1. The van der Waals surface area contributed by atoms with E-state index < -0.39 is 5.97 Å². The fourth-order valence-corrected chi connectivity index (χ4v) is 2.27. The molecule has 0 aliphatic carbocycles. The normalized spacial score (nSPS) is 10.5. The van der Waals surface area contributed by atoms with Crippen molar-refractivity contribution in [3.8, 4) is 0 Å². The van der Waals surface area contributed by atoms with Crippen LogP contribution in [-0.2, 0) is 13.6 Å². The second kappa shape index (κ2) is 6.31. The molecule has 116 valence electrons. The molecule has 1 aromatic carbocycles. The van der Waals surface area contributed by atoms with Crippen molar-refractivity contribution in [2.45, 2.75) is 6.54 Å². The number of aromatic carboxylic acids is 1. The molecule has 0 aliphatic rings. The van der Waals surface area contributed by atoms with E-state index in [1.165, 1.54) is 0 Å². The first kappa shape index (κ1) is 14.8. The second-order valence-electron chi connectivity index (χ2n) is 5.12. The summed E-state index contributed by atoms with van der Waals surface area (Å²) < 4.78 is 1.73. The summed E-state index contributed by atoms with van der Waals surface area (Å²) in [6.45, 7) is 0.550. The van der Waals surface area contributed by atoms with Crippen LogP contribution in [0.15, 0.2) is 60.9 Å². The number of benzene rings is 1. The van der Waals surface area contributed by atoms with Gasteiger partial charge in [0.05, 0.1) is 12.1 Å². The SMILES string of the molecule is Cn1ccc(N(Cc2ccc(C(=O)O)cc2)c2ccccn2)n1. The highest BCUT2D eigenvalue weighted by Gasteiger charge is 2.14. The second-order valence-corrected chi connectivity index (χ2v) is 5.12. The molecule has 0 atom stereocenters. The maximum absolute atomic E-state index is 10.9. The average molecular weight is 308 g/mol. The lowest BCUT2D eigenvalue weighted by Gasteiger charge is -2.21. The Kier molecular flexibility index (Phi) is 4.05. The number of aromatic nitrogens is 3. The van der Waals surface area contributed by atoms with Crippen LogP contribution in [0.2, 0.25) is 0 Å². The molecule has 0 saturated heterocycles. The molecule has 0 saturated carbocycles. The van der Waals surface area contributed by atoms with E-state index in [0.717, 1.165) is 17.2 Å². The molecular weight excluding hydrogens is 292 g/mol. The third kappa shape index (κ3) is 3.37. The van der Waals surface area contributed by atoms with Crippen molar-refractivity contribution < 1.29 is 9.90 Å². The van der Waals surface area contributed by atoms with Crippen LogP contribution in [-0.4, -0.2) is 25.8 Å². The maximum atomic E-state index is 10.9. The summed E-state index contributed by atoms with van der Waals surface area (Å²) in [4.78, 5) is 17.3. The number of carboxylic acid groups (broad SMARTS) is 1. The van der Waals surface area contributed by atoms with Crippen LogP contribution in [0.4, 0.5) is 11.6 Å². The molecule has 0 unspecified atom stereocenters. The first-order chi connectivity index (χ1) is 11.1. The third-order valence-corrected chi connectivity index (χ3v) is 3.44. The molecule has 0 bridgehead atoms. The van der Waals surface area contributed by atoms with E-state index in [9.17, 15) is 4.79 Å². The minimum absolute atomic E-state index is 0.274. The molecule has 6 heteroatoms. The van der Waals surface area contributed by atoms with E-state index in [4.69, 9.17) is 5.11 Å². The van der Waals surface area contributed by atoms with Gasteiger partial charge in [-0.25, -0.2) is 9.78 Å². The van der Waals surface area contributed by atoms with E-state index in [2.05, 4.69) is 10.1 Å². The van der Waals surface area contributed by atoms with Crippen LogP contribution in [0.1, 0.15) is 15.9 Å². The van der Waals surface area contributed by atoms with E-state index in [0.29, 0.717) is 6.54 Å². The molecule has 3 rings (SSSR count). The minimum atomic E-state index is -0.928. The van der Waals surface area contributed by atoms with Crippen molar-refractivity contribution >= 4 is 17.6 Å². The highest BCUT2D eigenvalue weighted by atomic mass is 16.4. The fraction of sp³-hybridized carbons (Fsp3) is 0.118. The topological polar surface area (TPSA) is 71.2 Å². The van der Waals surface area contributed by atoms with Crippen LogP contribution in [0, 0.1) is 0 Å². The lowest BCUT2D eigenvalue weighted by Crippen LogP contribution is -2.18. The molecule has 0 aliphatic heterocycles. The zero-order valence-corrected chi connectivity index (χ0v) is 12.6. The molecular formula is C17H16N4O2. The molecule has 1 N–H and O–H groups in total. The monoisotopic (exact) mass is 308 g/mol. The quantitative estimate of drug-likeness (QED) is 0.784. The molecule has 23 heavy (non-hydrogen) atoms. The van der Waals surface area contributed by atoms with Gasteiger partial charge in [0.25, 0.3) is 0 Å². The van der Waals surface area contributed by atoms with Gasteiger partial charge < -0.3 is 10.0 Å². The minimum Gasteiger partial charge on any atom is -0.478 e. The molecule has 6 nitrogen and oxygen atoms in total. The van der Waals surface area contributed by atoms with E-state index in [1.807, 2.05) is 54.5 Å². The molecule has 2 aromatic heterocycles. The lowest BCUT2D eigenvalue weighted by atomic mass is 10.1. The number of rotatable bonds is 5. The van der Waals surface area contributed by atoms with Crippen LogP contribution >= 0.6 is 0 Å². The first-order valence-corrected chi connectivity index (χ1v) is 7.14. The Bertz CT molecular complexity index is 797. The maximum Gasteiger partial charge on any atom is 0.335 e. The van der Waals surface area contributed by atoms with Gasteiger partial charge in [0.1, 0.15) is 5.82 Å². The summed E-state index contributed by atoms with van der Waals surface area (Å²) in [6, 6.07) is 14.4. The van der Waals surface area contributed by atoms with Crippen molar-refractivity contribution in [3.05, 3.63) is 72.1 Å². The van der Waals surface area contributed by atoms with Crippen LogP contribution in [0.5, 0.6) is 0 Å². The van der Waals surface area contributed by atoms with Gasteiger partial charge in [-0.2, -0.15) is 5.10 Å². The Balaban J connectivity index is 1.91. The number of anilines is 2. The average Bonchev–Trinajstić information content (AvgIpc) is 3.00. The summed E-state index contributed by atoms with van der Waals surface area (Å²) in [6.07, 6.45) is 3.61. The van der Waals surface area contributed by atoms with Crippen LogP contribution in [0.25, 0.3) is 0 Å². The first-order valence-electron chi connectivity index (χ1n) is 7.14. The Morgan fingerprint density at radius 2 is 1.91 bits per heavy atom. The standard InChI is InChI=1S/C17H16N4O2/c1-20-11-9-16(19-20)21(15-4-2-3-10-18-15)12-13-5-7-14(8-6-13)17(22)23/h2-11H,12H2,1H3,(H,22,23). The predicted molar refractivity (Wildman–Crippen MR) is 86.7 cm³/mol. The lowest BCUT2D eigenvalue weighted by molar-refractivity contribution is 0.0697. The Labute approximate surface area is 133 Å². The molecule has 0 radical (unpaired) electrons. The molecule has 0 fully saturated rings. The summed E-state index contributed by atoms with van der Waals surface area (Å²) in [5, 5.41) is 13.4. The van der Waals surface area contributed by atoms with E-state index in [1.54, 1.807) is 23.0 Å². The van der Waals surface area contributed by atoms with Crippen molar-refractivity contribution in [3.63, 3.8) is 0 Å². The zero-order chi connectivity index (χ0) is 16.2. The highest BCUT2D eigenvalue weighted by Crippen LogP contribution is 2.23. The van der Waals surface area contributed by atoms with Gasteiger partial charge >= 0.3 is 5.97 Å². The summed E-state index contributed by atoms with van der Waals surface area (Å²) >= 11 is 0. The van der Waals surface area contributed by atoms with Crippen molar-refractivity contribution in [2.24, 2.45) is 7.05 Å². The van der Waals surface area contributed by atoms with Gasteiger partial charge in [0, 0.05) is 25.5 Å². The fourth-order valence-electron chi connectivity index (χ4n) is 2.27. The van der Waals surface area contributed by atoms with Crippen molar-refractivity contribution in [2.75, 3.05) is 4.90 Å². The third-order valence-electron chi connectivity index (χ3n) is 3.44. The smallest absolute Gasteiger partial charge is 0.335 e. The molecule has 0 spiro atoms. The number of nitrogens with zero attached hydrogens (tertiary/aromatic N) is 4. The Hall–Kier alpha value is -3.15. The van der Waals surface area contributed by atoms with Crippen molar-refractivity contribution in [1.82, 2.24) is 14.8 Å². The zero-order valence-electron chi connectivity index (χ0n) is 12.6.